The molecule has 0 spiro atoms. The number of carboxylic acid groups (broad SMARTS) is 1. The normalized spacial score (nSPS) is 10.6. The van der Waals surface area contributed by atoms with Crippen molar-refractivity contribution >= 4 is 23.6 Å². The second-order valence-corrected chi connectivity index (χ2v) is 3.09. The first-order chi connectivity index (χ1) is 6.09. The molecule has 0 saturated carbocycles. The Kier molecular flexibility index (Phi) is 3.09. The van der Waals surface area contributed by atoms with Gasteiger partial charge in [-0.25, -0.2) is 4.79 Å². The standard InChI is InChI=1S/C10H9ClO2/c1-7-6-8(2-4-9(7)11)3-5-10(12)13/h2-6H,1H3,(H,12,13). The van der Waals surface area contributed by atoms with E-state index < -0.39 is 5.97 Å². The van der Waals surface area contributed by atoms with Gasteiger partial charge in [-0.2, -0.15) is 0 Å². The van der Waals surface area contributed by atoms with Gasteiger partial charge in [0.05, 0.1) is 0 Å². The lowest BCUT2D eigenvalue weighted by molar-refractivity contribution is -0.131. The van der Waals surface area contributed by atoms with Crippen LogP contribution >= 0.6 is 11.6 Å². The van der Waals surface area contributed by atoms with Crippen molar-refractivity contribution in [2.24, 2.45) is 0 Å². The first-order valence-electron chi connectivity index (χ1n) is 3.77. The Bertz CT molecular complexity index is 356. The van der Waals surface area contributed by atoms with Crippen LogP contribution in [0.15, 0.2) is 24.3 Å². The Morgan fingerprint density at radius 1 is 1.54 bits per heavy atom. The molecular weight excluding hydrogens is 188 g/mol. The van der Waals surface area contributed by atoms with Crippen LogP contribution < -0.4 is 0 Å². The smallest absolute Gasteiger partial charge is 0.328 e. The molecule has 0 amide bonds. The number of halogens is 1. The molecule has 68 valence electrons. The van der Waals surface area contributed by atoms with Crippen LogP contribution in [0, 0.1) is 6.92 Å². The fraction of sp³-hybridized carbons (Fsp3) is 0.100. The van der Waals surface area contributed by atoms with Crippen LogP contribution in [0.4, 0.5) is 0 Å². The third-order valence-electron chi connectivity index (χ3n) is 1.60. The highest BCUT2D eigenvalue weighted by Crippen LogP contribution is 2.16. The molecule has 0 aliphatic rings. The summed E-state index contributed by atoms with van der Waals surface area (Å²) in [5, 5.41) is 9.07. The molecule has 0 aliphatic heterocycles. The van der Waals surface area contributed by atoms with Crippen LogP contribution in [0.2, 0.25) is 5.02 Å². The zero-order valence-electron chi connectivity index (χ0n) is 7.12. The lowest BCUT2D eigenvalue weighted by Gasteiger charge is -1.98. The second kappa shape index (κ2) is 4.10. The van der Waals surface area contributed by atoms with Crippen molar-refractivity contribution in [3.63, 3.8) is 0 Å². The highest BCUT2D eigenvalue weighted by molar-refractivity contribution is 6.31. The predicted molar refractivity (Wildman–Crippen MR) is 52.9 cm³/mol. The summed E-state index contributed by atoms with van der Waals surface area (Å²) in [5.74, 6) is -0.951. The van der Waals surface area contributed by atoms with E-state index in [1.54, 1.807) is 12.1 Å². The van der Waals surface area contributed by atoms with Gasteiger partial charge in [0, 0.05) is 11.1 Å². The maximum Gasteiger partial charge on any atom is 0.328 e. The van der Waals surface area contributed by atoms with Gasteiger partial charge in [-0.15, -0.1) is 0 Å². The number of carboxylic acids is 1. The van der Waals surface area contributed by atoms with Crippen LogP contribution in [0.25, 0.3) is 6.08 Å². The molecule has 0 aliphatic carbocycles. The van der Waals surface area contributed by atoms with Crippen LogP contribution in [-0.4, -0.2) is 11.1 Å². The summed E-state index contributed by atoms with van der Waals surface area (Å²) < 4.78 is 0. The lowest BCUT2D eigenvalue weighted by atomic mass is 10.1. The molecule has 0 fully saturated rings. The summed E-state index contributed by atoms with van der Waals surface area (Å²) in [7, 11) is 0. The molecule has 0 atom stereocenters. The van der Waals surface area contributed by atoms with E-state index in [-0.39, 0.29) is 0 Å². The van der Waals surface area contributed by atoms with E-state index in [2.05, 4.69) is 0 Å². The van der Waals surface area contributed by atoms with Gasteiger partial charge in [0.2, 0.25) is 0 Å². The Morgan fingerprint density at radius 2 is 2.23 bits per heavy atom. The molecule has 1 aromatic rings. The van der Waals surface area contributed by atoms with Crippen molar-refractivity contribution in [3.8, 4) is 0 Å². The zero-order chi connectivity index (χ0) is 9.84. The van der Waals surface area contributed by atoms with E-state index in [1.165, 1.54) is 6.08 Å². The van der Waals surface area contributed by atoms with Gasteiger partial charge in [0.25, 0.3) is 0 Å². The first-order valence-corrected chi connectivity index (χ1v) is 4.14. The van der Waals surface area contributed by atoms with E-state index in [1.807, 2.05) is 13.0 Å². The summed E-state index contributed by atoms with van der Waals surface area (Å²) in [5.41, 5.74) is 1.78. The maximum absolute atomic E-state index is 10.2. The van der Waals surface area contributed by atoms with E-state index >= 15 is 0 Å². The number of benzene rings is 1. The number of hydrogen-bond donors (Lipinski definition) is 1. The first kappa shape index (κ1) is 9.81. The van der Waals surface area contributed by atoms with Gasteiger partial charge in [-0.1, -0.05) is 23.7 Å². The summed E-state index contributed by atoms with van der Waals surface area (Å²) in [6.45, 7) is 1.88. The van der Waals surface area contributed by atoms with E-state index in [0.29, 0.717) is 5.02 Å². The van der Waals surface area contributed by atoms with Gasteiger partial charge in [-0.3, -0.25) is 0 Å². The molecule has 1 N–H and O–H groups in total. The number of carbonyl (C=O) groups is 1. The highest BCUT2D eigenvalue weighted by atomic mass is 35.5. The van der Waals surface area contributed by atoms with E-state index in [0.717, 1.165) is 17.2 Å². The Hall–Kier alpha value is -1.28. The third-order valence-corrected chi connectivity index (χ3v) is 2.02. The van der Waals surface area contributed by atoms with Crippen molar-refractivity contribution in [2.45, 2.75) is 6.92 Å². The maximum atomic E-state index is 10.2. The number of aliphatic carboxylic acids is 1. The molecule has 13 heavy (non-hydrogen) atoms. The van der Waals surface area contributed by atoms with Gasteiger partial charge < -0.3 is 5.11 Å². The molecule has 0 aromatic heterocycles. The molecule has 0 heterocycles. The Balaban J connectivity index is 2.92. The van der Waals surface area contributed by atoms with Crippen LogP contribution in [0.5, 0.6) is 0 Å². The SMILES string of the molecule is Cc1cc(C=CC(=O)O)ccc1Cl. The number of aryl methyl sites for hydroxylation is 1. The van der Waals surface area contributed by atoms with Gasteiger partial charge in [0.1, 0.15) is 0 Å². The molecule has 1 aromatic carbocycles. The molecule has 0 unspecified atom stereocenters. The molecular formula is C10H9ClO2. The average Bonchev–Trinajstić information content (AvgIpc) is 2.07. The summed E-state index contributed by atoms with van der Waals surface area (Å²) in [4.78, 5) is 10.2. The van der Waals surface area contributed by atoms with Crippen LogP contribution in [-0.2, 0) is 4.79 Å². The van der Waals surface area contributed by atoms with E-state index in [9.17, 15) is 4.79 Å². The fourth-order valence-corrected chi connectivity index (χ4v) is 1.06. The topological polar surface area (TPSA) is 37.3 Å². The predicted octanol–water partition coefficient (Wildman–Crippen LogP) is 2.75. The monoisotopic (exact) mass is 196 g/mol. The lowest BCUT2D eigenvalue weighted by Crippen LogP contribution is -1.86. The molecule has 1 rings (SSSR count). The minimum Gasteiger partial charge on any atom is -0.478 e. The molecule has 0 saturated heterocycles. The number of rotatable bonds is 2. The molecule has 0 radical (unpaired) electrons. The Morgan fingerprint density at radius 3 is 2.77 bits per heavy atom. The Labute approximate surface area is 81.5 Å². The van der Waals surface area contributed by atoms with E-state index in [4.69, 9.17) is 16.7 Å². The average molecular weight is 197 g/mol. The van der Waals surface area contributed by atoms with Gasteiger partial charge in [-0.05, 0) is 30.2 Å². The molecule has 0 bridgehead atoms. The summed E-state index contributed by atoms with van der Waals surface area (Å²) in [6.07, 6.45) is 2.63. The van der Waals surface area contributed by atoms with Crippen LogP contribution in [0.1, 0.15) is 11.1 Å². The number of hydrogen-bond acceptors (Lipinski definition) is 1. The quantitative estimate of drug-likeness (QED) is 0.739. The highest BCUT2D eigenvalue weighted by Gasteiger charge is 1.94. The van der Waals surface area contributed by atoms with Crippen molar-refractivity contribution < 1.29 is 9.90 Å². The van der Waals surface area contributed by atoms with Crippen molar-refractivity contribution in [3.05, 3.63) is 40.4 Å². The fourth-order valence-electron chi connectivity index (χ4n) is 0.939. The largest absolute Gasteiger partial charge is 0.478 e. The summed E-state index contributed by atoms with van der Waals surface area (Å²) >= 11 is 5.80. The molecule has 2 nitrogen and oxygen atoms in total. The van der Waals surface area contributed by atoms with Gasteiger partial charge >= 0.3 is 5.97 Å². The van der Waals surface area contributed by atoms with Crippen molar-refractivity contribution in [2.75, 3.05) is 0 Å². The molecule has 3 heteroatoms. The summed E-state index contributed by atoms with van der Waals surface area (Å²) in [6, 6.07) is 5.36. The van der Waals surface area contributed by atoms with Crippen molar-refractivity contribution in [1.29, 1.82) is 0 Å². The van der Waals surface area contributed by atoms with Crippen molar-refractivity contribution in [1.82, 2.24) is 0 Å². The minimum absolute atomic E-state index is 0.687. The zero-order valence-corrected chi connectivity index (χ0v) is 7.88. The van der Waals surface area contributed by atoms with Crippen LogP contribution in [0.3, 0.4) is 0 Å². The minimum atomic E-state index is -0.951. The third kappa shape index (κ3) is 2.92. The van der Waals surface area contributed by atoms with Gasteiger partial charge in [0.15, 0.2) is 0 Å². The second-order valence-electron chi connectivity index (χ2n) is 2.68.